The zero-order valence-corrected chi connectivity index (χ0v) is 10.8. The molecule has 0 amide bonds. The third-order valence-corrected chi connectivity index (χ3v) is 4.15. The van der Waals surface area contributed by atoms with Gasteiger partial charge >= 0.3 is 0 Å². The zero-order valence-electron chi connectivity index (χ0n) is 9.99. The minimum atomic E-state index is -2.60. The Hall–Kier alpha value is -0.995. The molecular formula is C11H12BF2N3S. The molecular weight excluding hydrogens is 255 g/mol. The standard InChI is InChI=1S/C11H12BF2N3S/c1-7-9(18-10(12)16-7)8(6-15)17-4-2-11(13,14)3-5-17/h8H,2-5H2,1H3. The number of aryl methyl sites for hydroxylation is 1. The lowest BCUT2D eigenvalue weighted by Gasteiger charge is -2.34. The number of nitrogens with zero attached hydrogens (tertiary/aromatic N) is 3. The monoisotopic (exact) mass is 267 g/mol. The summed E-state index contributed by atoms with van der Waals surface area (Å²) in [5.74, 6) is -2.60. The molecule has 2 rings (SSSR count). The van der Waals surface area contributed by atoms with Crippen LogP contribution in [-0.4, -0.2) is 36.7 Å². The molecule has 2 heterocycles. The predicted molar refractivity (Wildman–Crippen MR) is 66.3 cm³/mol. The topological polar surface area (TPSA) is 39.9 Å². The van der Waals surface area contributed by atoms with E-state index in [9.17, 15) is 14.0 Å². The molecule has 2 radical (unpaired) electrons. The molecule has 1 fully saturated rings. The van der Waals surface area contributed by atoms with Crippen molar-refractivity contribution >= 4 is 24.1 Å². The number of halogens is 2. The third kappa shape index (κ3) is 2.70. The van der Waals surface area contributed by atoms with Crippen LogP contribution in [-0.2, 0) is 0 Å². The quantitative estimate of drug-likeness (QED) is 0.763. The second kappa shape index (κ2) is 4.94. The Morgan fingerprint density at radius 3 is 2.56 bits per heavy atom. The number of alkyl halides is 2. The van der Waals surface area contributed by atoms with Crippen LogP contribution < -0.4 is 4.91 Å². The molecule has 0 aromatic carbocycles. The first kappa shape index (κ1) is 13.4. The lowest BCUT2D eigenvalue weighted by Crippen LogP contribution is -2.41. The summed E-state index contributed by atoms with van der Waals surface area (Å²) in [7, 11) is 5.60. The van der Waals surface area contributed by atoms with Gasteiger partial charge in [-0.2, -0.15) is 5.26 Å². The summed E-state index contributed by atoms with van der Waals surface area (Å²) in [5, 5.41) is 9.25. The first-order valence-electron chi connectivity index (χ1n) is 5.67. The summed E-state index contributed by atoms with van der Waals surface area (Å²) in [6.45, 7) is 2.23. The summed E-state index contributed by atoms with van der Waals surface area (Å²) in [6, 6.07) is 1.65. The van der Waals surface area contributed by atoms with E-state index in [1.807, 2.05) is 0 Å². The number of piperidine rings is 1. The summed E-state index contributed by atoms with van der Waals surface area (Å²) in [6.07, 6.45) is -0.392. The smallest absolute Gasteiger partial charge is 0.250 e. The van der Waals surface area contributed by atoms with Gasteiger partial charge < -0.3 is 0 Å². The Morgan fingerprint density at radius 2 is 2.11 bits per heavy atom. The first-order valence-corrected chi connectivity index (χ1v) is 6.49. The number of thiazole rings is 1. The Morgan fingerprint density at radius 1 is 1.50 bits per heavy atom. The zero-order chi connectivity index (χ0) is 13.3. The second-order valence-electron chi connectivity index (χ2n) is 4.43. The molecule has 1 atom stereocenters. The fourth-order valence-electron chi connectivity index (χ4n) is 2.10. The first-order chi connectivity index (χ1) is 8.43. The molecule has 1 aliphatic heterocycles. The van der Waals surface area contributed by atoms with Crippen LogP contribution in [0.5, 0.6) is 0 Å². The van der Waals surface area contributed by atoms with Crippen LogP contribution >= 0.6 is 11.3 Å². The summed E-state index contributed by atoms with van der Waals surface area (Å²) >= 11 is 1.26. The highest BCUT2D eigenvalue weighted by atomic mass is 32.1. The Bertz CT molecular complexity index is 473. The van der Waals surface area contributed by atoms with E-state index in [1.165, 1.54) is 11.3 Å². The van der Waals surface area contributed by atoms with Gasteiger partial charge in [-0.15, -0.1) is 11.3 Å². The molecule has 1 aromatic rings. The maximum atomic E-state index is 13.1. The molecule has 0 N–H and O–H groups in total. The maximum Gasteiger partial charge on any atom is 0.250 e. The Balaban J connectivity index is 2.16. The van der Waals surface area contributed by atoms with Crippen molar-refractivity contribution in [3.05, 3.63) is 10.6 Å². The van der Waals surface area contributed by atoms with Crippen LogP contribution in [0.4, 0.5) is 8.78 Å². The van der Waals surface area contributed by atoms with Crippen LogP contribution in [0, 0.1) is 18.3 Å². The van der Waals surface area contributed by atoms with E-state index in [0.29, 0.717) is 10.6 Å². The fourth-order valence-corrected chi connectivity index (χ4v) is 3.01. The number of hydrogen-bond acceptors (Lipinski definition) is 4. The summed E-state index contributed by atoms with van der Waals surface area (Å²) in [4.78, 5) is 7.02. The van der Waals surface area contributed by atoms with Crippen molar-refractivity contribution in [3.63, 3.8) is 0 Å². The van der Waals surface area contributed by atoms with Crippen LogP contribution in [0.3, 0.4) is 0 Å². The molecule has 1 saturated heterocycles. The average Bonchev–Trinajstić information content (AvgIpc) is 2.61. The van der Waals surface area contributed by atoms with E-state index in [2.05, 4.69) is 11.1 Å². The molecule has 1 unspecified atom stereocenters. The highest BCUT2D eigenvalue weighted by molar-refractivity contribution is 7.19. The molecule has 0 saturated carbocycles. The van der Waals surface area contributed by atoms with E-state index in [1.54, 1.807) is 11.8 Å². The Kier molecular flexibility index (Phi) is 3.69. The number of nitriles is 1. The van der Waals surface area contributed by atoms with Gasteiger partial charge in [0.15, 0.2) is 7.85 Å². The normalized spacial score (nSPS) is 21.4. The third-order valence-electron chi connectivity index (χ3n) is 3.11. The van der Waals surface area contributed by atoms with Crippen molar-refractivity contribution < 1.29 is 8.78 Å². The minimum absolute atomic E-state index is 0.196. The lowest BCUT2D eigenvalue weighted by atomic mass is 10.0. The SMILES string of the molecule is [B]c1nc(C)c(C(C#N)N2CCC(F)(F)CC2)s1. The lowest BCUT2D eigenvalue weighted by molar-refractivity contribution is -0.0593. The highest BCUT2D eigenvalue weighted by Gasteiger charge is 2.37. The molecule has 0 aliphatic carbocycles. The number of rotatable bonds is 2. The minimum Gasteiger partial charge on any atom is -0.283 e. The summed E-state index contributed by atoms with van der Waals surface area (Å²) in [5.41, 5.74) is 0.710. The number of aromatic nitrogens is 1. The van der Waals surface area contributed by atoms with Crippen molar-refractivity contribution in [3.8, 4) is 6.07 Å². The molecule has 0 bridgehead atoms. The number of likely N-dealkylation sites (tertiary alicyclic amines) is 1. The molecule has 3 nitrogen and oxygen atoms in total. The molecule has 0 spiro atoms. The number of hydrogen-bond donors (Lipinski definition) is 0. The van der Waals surface area contributed by atoms with Crippen LogP contribution in [0.2, 0.25) is 0 Å². The van der Waals surface area contributed by atoms with Gasteiger partial charge in [-0.05, 0) is 6.92 Å². The fraction of sp³-hybridized carbons (Fsp3) is 0.636. The molecule has 1 aromatic heterocycles. The van der Waals surface area contributed by atoms with Crippen molar-refractivity contribution in [1.82, 2.24) is 9.88 Å². The van der Waals surface area contributed by atoms with Crippen molar-refractivity contribution in [2.24, 2.45) is 0 Å². The van der Waals surface area contributed by atoms with Gasteiger partial charge in [0.25, 0.3) is 5.92 Å². The van der Waals surface area contributed by atoms with E-state index >= 15 is 0 Å². The average molecular weight is 267 g/mol. The van der Waals surface area contributed by atoms with Crippen molar-refractivity contribution in [2.75, 3.05) is 13.1 Å². The van der Waals surface area contributed by atoms with Gasteiger partial charge in [0.05, 0.1) is 16.6 Å². The van der Waals surface area contributed by atoms with Crippen LogP contribution in [0.15, 0.2) is 0 Å². The van der Waals surface area contributed by atoms with Crippen molar-refractivity contribution in [1.29, 1.82) is 5.26 Å². The van der Waals surface area contributed by atoms with E-state index in [0.717, 1.165) is 4.88 Å². The predicted octanol–water partition coefficient (Wildman–Crippen LogP) is 1.54. The maximum absolute atomic E-state index is 13.1. The van der Waals surface area contributed by atoms with Gasteiger partial charge in [0, 0.05) is 30.8 Å². The van der Waals surface area contributed by atoms with Crippen LogP contribution in [0.25, 0.3) is 0 Å². The second-order valence-corrected chi connectivity index (χ2v) is 5.49. The van der Waals surface area contributed by atoms with E-state index < -0.39 is 12.0 Å². The van der Waals surface area contributed by atoms with Gasteiger partial charge in [-0.25, -0.2) is 8.78 Å². The van der Waals surface area contributed by atoms with Gasteiger partial charge in [0.1, 0.15) is 6.04 Å². The highest BCUT2D eigenvalue weighted by Crippen LogP contribution is 2.33. The Labute approximate surface area is 110 Å². The summed E-state index contributed by atoms with van der Waals surface area (Å²) < 4.78 is 26.2. The van der Waals surface area contributed by atoms with Gasteiger partial charge in [0.2, 0.25) is 0 Å². The van der Waals surface area contributed by atoms with Crippen LogP contribution in [0.1, 0.15) is 29.5 Å². The largest absolute Gasteiger partial charge is 0.283 e. The van der Waals surface area contributed by atoms with E-state index in [-0.39, 0.29) is 25.9 Å². The van der Waals surface area contributed by atoms with Gasteiger partial charge in [-0.3, -0.25) is 9.88 Å². The molecule has 1 aliphatic rings. The molecule has 7 heteroatoms. The molecule has 18 heavy (non-hydrogen) atoms. The van der Waals surface area contributed by atoms with Gasteiger partial charge in [-0.1, -0.05) is 0 Å². The molecule has 94 valence electrons. The van der Waals surface area contributed by atoms with Crippen molar-refractivity contribution in [2.45, 2.75) is 31.7 Å². The van der Waals surface area contributed by atoms with E-state index in [4.69, 9.17) is 7.85 Å².